The van der Waals surface area contributed by atoms with Crippen molar-refractivity contribution in [3.8, 4) is 11.5 Å². The summed E-state index contributed by atoms with van der Waals surface area (Å²) >= 11 is 0. The van der Waals surface area contributed by atoms with Gasteiger partial charge < -0.3 is 20.4 Å². The van der Waals surface area contributed by atoms with Crippen LogP contribution in [-0.4, -0.2) is 32.4 Å². The van der Waals surface area contributed by atoms with Gasteiger partial charge in [0.15, 0.2) is 0 Å². The SMILES string of the molecule is CCCC.O=C(O)c1cccc(O)c1.O=C(O)c1cccc(O)c1. The zero-order valence-electron chi connectivity index (χ0n) is 13.6. The van der Waals surface area contributed by atoms with Gasteiger partial charge in [0.25, 0.3) is 0 Å². The van der Waals surface area contributed by atoms with E-state index in [-0.39, 0.29) is 22.6 Å². The highest BCUT2D eigenvalue weighted by Gasteiger charge is 2.01. The first kappa shape index (κ1) is 21.0. The molecule has 0 radical (unpaired) electrons. The zero-order chi connectivity index (χ0) is 18.5. The minimum absolute atomic E-state index is 0.0279. The highest BCUT2D eigenvalue weighted by atomic mass is 16.4. The van der Waals surface area contributed by atoms with Gasteiger partial charge in [-0.15, -0.1) is 0 Å². The van der Waals surface area contributed by atoms with Crippen LogP contribution >= 0.6 is 0 Å². The molecule has 0 spiro atoms. The normalized spacial score (nSPS) is 8.92. The third-order valence-corrected chi connectivity index (χ3v) is 2.69. The molecule has 2 aromatic rings. The minimum atomic E-state index is -1.03. The first-order valence-corrected chi connectivity index (χ1v) is 7.36. The molecule has 6 heteroatoms. The van der Waals surface area contributed by atoms with Crippen LogP contribution in [0.1, 0.15) is 47.4 Å². The van der Waals surface area contributed by atoms with Crippen molar-refractivity contribution >= 4 is 11.9 Å². The number of unbranched alkanes of at least 4 members (excludes halogenated alkanes) is 1. The standard InChI is InChI=1S/2C7H6O3.C4H10/c2*8-6-3-1-2-5(4-6)7(9)10;1-3-4-2/h2*1-4,8H,(H,9,10);3-4H2,1-2H3. The molecule has 6 nitrogen and oxygen atoms in total. The molecule has 0 bridgehead atoms. The van der Waals surface area contributed by atoms with Crippen molar-refractivity contribution in [1.29, 1.82) is 0 Å². The van der Waals surface area contributed by atoms with Gasteiger partial charge in [0.1, 0.15) is 11.5 Å². The number of phenolic OH excluding ortho intramolecular Hbond substituents is 2. The maximum Gasteiger partial charge on any atom is 0.335 e. The Bertz CT molecular complexity index is 594. The van der Waals surface area contributed by atoms with Gasteiger partial charge >= 0.3 is 11.9 Å². The van der Waals surface area contributed by atoms with E-state index < -0.39 is 11.9 Å². The molecule has 0 aliphatic carbocycles. The van der Waals surface area contributed by atoms with Gasteiger partial charge in [-0.05, 0) is 36.4 Å². The summed E-state index contributed by atoms with van der Waals surface area (Å²) in [5, 5.41) is 34.4. The number of rotatable bonds is 3. The summed E-state index contributed by atoms with van der Waals surface area (Å²) in [7, 11) is 0. The lowest BCUT2D eigenvalue weighted by atomic mass is 10.2. The predicted octanol–water partition coefficient (Wildman–Crippen LogP) is 3.99. The molecule has 2 aromatic carbocycles. The Morgan fingerprint density at radius 3 is 1.25 bits per heavy atom. The van der Waals surface area contributed by atoms with Crippen molar-refractivity contribution in [2.45, 2.75) is 26.7 Å². The Balaban J connectivity index is 0.000000363. The average Bonchev–Trinajstić information content (AvgIpc) is 2.55. The lowest BCUT2D eigenvalue weighted by molar-refractivity contribution is 0.0685. The fourth-order valence-electron chi connectivity index (χ4n) is 1.28. The molecule has 0 aromatic heterocycles. The molecule has 0 amide bonds. The van der Waals surface area contributed by atoms with Crippen LogP contribution in [0.2, 0.25) is 0 Å². The molecular formula is C18H22O6. The topological polar surface area (TPSA) is 115 Å². The number of aromatic hydroxyl groups is 2. The Morgan fingerprint density at radius 1 is 0.750 bits per heavy atom. The van der Waals surface area contributed by atoms with E-state index in [1.165, 1.54) is 61.4 Å². The number of benzene rings is 2. The van der Waals surface area contributed by atoms with Gasteiger partial charge in [0, 0.05) is 0 Å². The van der Waals surface area contributed by atoms with E-state index in [1.807, 2.05) is 0 Å². The molecule has 0 fully saturated rings. The third-order valence-electron chi connectivity index (χ3n) is 2.69. The van der Waals surface area contributed by atoms with Crippen LogP contribution in [0.3, 0.4) is 0 Å². The molecule has 0 saturated carbocycles. The van der Waals surface area contributed by atoms with E-state index >= 15 is 0 Å². The van der Waals surface area contributed by atoms with Crippen molar-refractivity contribution in [1.82, 2.24) is 0 Å². The largest absolute Gasteiger partial charge is 0.508 e. The average molecular weight is 334 g/mol. The molecule has 2 rings (SSSR count). The molecule has 0 saturated heterocycles. The first-order valence-electron chi connectivity index (χ1n) is 7.36. The Morgan fingerprint density at radius 2 is 1.08 bits per heavy atom. The second kappa shape index (κ2) is 11.5. The van der Waals surface area contributed by atoms with Crippen LogP contribution in [0.5, 0.6) is 11.5 Å². The van der Waals surface area contributed by atoms with E-state index in [2.05, 4.69) is 13.8 Å². The van der Waals surface area contributed by atoms with Crippen molar-refractivity contribution in [2.75, 3.05) is 0 Å². The fourth-order valence-corrected chi connectivity index (χ4v) is 1.28. The highest BCUT2D eigenvalue weighted by Crippen LogP contribution is 2.10. The second-order valence-corrected chi connectivity index (χ2v) is 4.71. The summed E-state index contributed by atoms with van der Waals surface area (Å²) in [4.78, 5) is 20.5. The molecule has 0 aliphatic rings. The summed E-state index contributed by atoms with van der Waals surface area (Å²) in [6.07, 6.45) is 2.64. The zero-order valence-corrected chi connectivity index (χ0v) is 13.6. The van der Waals surface area contributed by atoms with Crippen molar-refractivity contribution in [3.05, 3.63) is 59.7 Å². The van der Waals surface area contributed by atoms with E-state index in [0.717, 1.165) is 0 Å². The van der Waals surface area contributed by atoms with Gasteiger partial charge in [0.2, 0.25) is 0 Å². The molecule has 130 valence electrons. The Kier molecular flexibility index (Phi) is 10.1. The van der Waals surface area contributed by atoms with Gasteiger partial charge in [-0.25, -0.2) is 9.59 Å². The highest BCUT2D eigenvalue weighted by molar-refractivity contribution is 5.88. The predicted molar refractivity (Wildman–Crippen MR) is 90.7 cm³/mol. The van der Waals surface area contributed by atoms with Crippen molar-refractivity contribution in [3.63, 3.8) is 0 Å². The van der Waals surface area contributed by atoms with E-state index in [0.29, 0.717) is 0 Å². The second-order valence-electron chi connectivity index (χ2n) is 4.71. The van der Waals surface area contributed by atoms with E-state index in [1.54, 1.807) is 0 Å². The van der Waals surface area contributed by atoms with Crippen LogP contribution in [-0.2, 0) is 0 Å². The molecule has 0 unspecified atom stereocenters. The Hall–Kier alpha value is -3.02. The number of hydrogen-bond donors (Lipinski definition) is 4. The molecule has 24 heavy (non-hydrogen) atoms. The fraction of sp³-hybridized carbons (Fsp3) is 0.222. The number of phenols is 2. The van der Waals surface area contributed by atoms with Crippen LogP contribution in [0.15, 0.2) is 48.5 Å². The van der Waals surface area contributed by atoms with Gasteiger partial charge in [-0.3, -0.25) is 0 Å². The maximum atomic E-state index is 10.2. The summed E-state index contributed by atoms with van der Waals surface area (Å²) in [6, 6.07) is 11.0. The van der Waals surface area contributed by atoms with Crippen LogP contribution < -0.4 is 0 Å². The minimum Gasteiger partial charge on any atom is -0.508 e. The van der Waals surface area contributed by atoms with E-state index in [9.17, 15) is 9.59 Å². The molecule has 0 heterocycles. The van der Waals surface area contributed by atoms with Crippen molar-refractivity contribution in [2.24, 2.45) is 0 Å². The monoisotopic (exact) mass is 334 g/mol. The number of carboxylic acid groups (broad SMARTS) is 2. The third kappa shape index (κ3) is 9.09. The number of carbonyl (C=O) groups is 2. The van der Waals surface area contributed by atoms with E-state index in [4.69, 9.17) is 20.4 Å². The van der Waals surface area contributed by atoms with Gasteiger partial charge in [0.05, 0.1) is 11.1 Å². The number of aromatic carboxylic acids is 2. The van der Waals surface area contributed by atoms with Gasteiger partial charge in [-0.1, -0.05) is 38.8 Å². The number of carboxylic acids is 2. The lowest BCUT2D eigenvalue weighted by Gasteiger charge is -1.92. The Labute approximate surface area is 140 Å². The van der Waals surface area contributed by atoms with Gasteiger partial charge in [-0.2, -0.15) is 0 Å². The van der Waals surface area contributed by atoms with Crippen LogP contribution in [0.25, 0.3) is 0 Å². The summed E-state index contributed by atoms with van der Waals surface area (Å²) in [5.74, 6) is -2.12. The maximum absolute atomic E-state index is 10.2. The summed E-state index contributed by atoms with van der Waals surface area (Å²) in [6.45, 7) is 4.36. The summed E-state index contributed by atoms with van der Waals surface area (Å²) < 4.78 is 0. The first-order chi connectivity index (χ1) is 11.3. The smallest absolute Gasteiger partial charge is 0.335 e. The quantitative estimate of drug-likeness (QED) is 0.674. The molecule has 0 aliphatic heterocycles. The summed E-state index contributed by atoms with van der Waals surface area (Å²) in [5.41, 5.74) is 0.194. The molecule has 0 atom stereocenters. The molecular weight excluding hydrogens is 312 g/mol. The van der Waals surface area contributed by atoms with Crippen molar-refractivity contribution < 1.29 is 30.0 Å². The molecule has 4 N–H and O–H groups in total. The van der Waals surface area contributed by atoms with Crippen LogP contribution in [0.4, 0.5) is 0 Å². The lowest BCUT2D eigenvalue weighted by Crippen LogP contribution is -1.94. The van der Waals surface area contributed by atoms with Crippen LogP contribution in [0, 0.1) is 0 Å². The number of hydrogen-bond acceptors (Lipinski definition) is 4.